The Labute approximate surface area is 141 Å². The Morgan fingerprint density at radius 2 is 1.68 bits per heavy atom. The molecule has 0 saturated carbocycles. The fraction of sp³-hybridized carbons (Fsp3) is 0.222. The molecular weight excluding hydrogens is 454 g/mol. The fourth-order valence-corrected chi connectivity index (χ4v) is 2.20. The molecule has 0 nitrogen and oxygen atoms in total. The summed E-state index contributed by atoms with van der Waals surface area (Å²) in [5.41, 5.74) is 6.74. The molecule has 0 radical (unpaired) electrons. The first-order chi connectivity index (χ1) is 8.76. The molecule has 19 heavy (non-hydrogen) atoms. The van der Waals surface area contributed by atoms with Crippen molar-refractivity contribution in [2.45, 2.75) is 26.7 Å². The van der Waals surface area contributed by atoms with Crippen LogP contribution in [-0.4, -0.2) is 0 Å². The third-order valence-electron chi connectivity index (χ3n) is 3.27. The van der Waals surface area contributed by atoms with E-state index in [0.29, 0.717) is 0 Å². The van der Waals surface area contributed by atoms with Gasteiger partial charge in [-0.3, -0.25) is 0 Å². The molecule has 2 aromatic carbocycles. The van der Waals surface area contributed by atoms with Gasteiger partial charge in [0.15, 0.2) is 0 Å². The molecule has 1 aliphatic carbocycles. The minimum Gasteiger partial charge on any atom is -0.332 e. The van der Waals surface area contributed by atoms with Gasteiger partial charge in [0.1, 0.15) is 0 Å². The monoisotopic (exact) mass is 474 g/mol. The Kier molecular flexibility index (Phi) is 6.77. The quantitative estimate of drug-likeness (QED) is 0.433. The Balaban J connectivity index is 0.000000323. The van der Waals surface area contributed by atoms with Crippen LogP contribution >= 0.6 is 0 Å². The number of rotatable bonds is 1. The summed E-state index contributed by atoms with van der Waals surface area (Å²) in [6.07, 6.45) is 4.38. The molecule has 0 aromatic heterocycles. The molecule has 3 rings (SSSR count). The molecule has 1 heteroatoms. The summed E-state index contributed by atoms with van der Waals surface area (Å²) in [6, 6.07) is 15.1. The molecule has 0 atom stereocenters. The minimum absolute atomic E-state index is 0. The Hall–Kier alpha value is -0.638. The molecule has 2 aromatic rings. The van der Waals surface area contributed by atoms with E-state index in [4.69, 9.17) is 0 Å². The van der Waals surface area contributed by atoms with Gasteiger partial charge in [-0.15, -0.1) is 6.07 Å². The van der Waals surface area contributed by atoms with Crippen molar-refractivity contribution in [1.29, 1.82) is 0 Å². The van der Waals surface area contributed by atoms with Gasteiger partial charge in [0.25, 0.3) is 0 Å². The normalized spacial score (nSPS) is 10.6. The zero-order valence-electron chi connectivity index (χ0n) is 11.7. The molecule has 0 fully saturated rings. The van der Waals surface area contributed by atoms with E-state index in [2.05, 4.69) is 69.7 Å². The van der Waals surface area contributed by atoms with Crippen LogP contribution in [0, 0.1) is 44.5 Å². The van der Waals surface area contributed by atoms with Gasteiger partial charge in [0, 0.05) is 0 Å². The number of unbranched alkanes of at least 4 members (excludes halogenated alkanes) is 1. The molecule has 0 heterocycles. The molecule has 0 bridgehead atoms. The fourth-order valence-electron chi connectivity index (χ4n) is 2.20. The van der Waals surface area contributed by atoms with Crippen LogP contribution in [-0.2, 0) is 6.42 Å². The van der Waals surface area contributed by atoms with Crippen LogP contribution in [0.4, 0.5) is 0 Å². The SMILES string of the molecule is C[CH-]CC.[CH2-]c1ccc2c(c1)Cc1ccccc1-2.[U+2]. The molecule has 1 aliphatic rings. The van der Waals surface area contributed by atoms with Crippen LogP contribution in [0.2, 0.25) is 0 Å². The molecule has 0 saturated heterocycles. The second kappa shape index (κ2) is 7.83. The van der Waals surface area contributed by atoms with Crippen molar-refractivity contribution in [3.63, 3.8) is 0 Å². The predicted octanol–water partition coefficient (Wildman–Crippen LogP) is 5.06. The summed E-state index contributed by atoms with van der Waals surface area (Å²) in [4.78, 5) is 0. The van der Waals surface area contributed by atoms with Gasteiger partial charge in [0.2, 0.25) is 0 Å². The average molecular weight is 474 g/mol. The van der Waals surface area contributed by atoms with E-state index in [1.54, 1.807) is 0 Å². The Morgan fingerprint density at radius 3 is 2.37 bits per heavy atom. The average Bonchev–Trinajstić information content (AvgIpc) is 2.76. The molecule has 96 valence electrons. The first-order valence-corrected chi connectivity index (χ1v) is 6.57. The van der Waals surface area contributed by atoms with Gasteiger partial charge >= 0.3 is 31.1 Å². The van der Waals surface area contributed by atoms with E-state index in [9.17, 15) is 0 Å². The maximum Gasteiger partial charge on any atom is 2.00 e. The summed E-state index contributed by atoms with van der Waals surface area (Å²) in [6.45, 7) is 8.14. The van der Waals surface area contributed by atoms with Crippen LogP contribution in [0.25, 0.3) is 11.1 Å². The second-order valence-electron chi connectivity index (χ2n) is 4.64. The van der Waals surface area contributed by atoms with E-state index in [1.165, 1.54) is 28.7 Å². The number of benzene rings is 2. The van der Waals surface area contributed by atoms with E-state index < -0.39 is 0 Å². The van der Waals surface area contributed by atoms with Crippen LogP contribution in [0.5, 0.6) is 0 Å². The van der Waals surface area contributed by atoms with E-state index >= 15 is 0 Å². The summed E-state index contributed by atoms with van der Waals surface area (Å²) < 4.78 is 0. The van der Waals surface area contributed by atoms with Crippen LogP contribution in [0.15, 0.2) is 42.5 Å². The summed E-state index contributed by atoms with van der Waals surface area (Å²) >= 11 is 0. The molecule has 0 spiro atoms. The predicted molar refractivity (Wildman–Crippen MR) is 79.4 cm³/mol. The molecule has 0 amide bonds. The number of hydrogen-bond acceptors (Lipinski definition) is 0. The van der Waals surface area contributed by atoms with Gasteiger partial charge < -0.3 is 6.42 Å². The van der Waals surface area contributed by atoms with Crippen LogP contribution in [0.1, 0.15) is 37.0 Å². The van der Waals surface area contributed by atoms with Gasteiger partial charge in [-0.25, -0.2) is 0 Å². The Morgan fingerprint density at radius 1 is 1.05 bits per heavy atom. The molecule has 0 aliphatic heterocycles. The van der Waals surface area contributed by atoms with E-state index in [0.717, 1.165) is 12.0 Å². The smallest absolute Gasteiger partial charge is 0.332 e. The van der Waals surface area contributed by atoms with Crippen LogP contribution < -0.4 is 0 Å². The van der Waals surface area contributed by atoms with Gasteiger partial charge in [-0.1, -0.05) is 36.8 Å². The van der Waals surface area contributed by atoms with E-state index in [-0.39, 0.29) is 31.1 Å². The maximum absolute atomic E-state index is 3.96. The first-order valence-electron chi connectivity index (χ1n) is 6.57. The summed E-state index contributed by atoms with van der Waals surface area (Å²) in [7, 11) is 0. The largest absolute Gasteiger partial charge is 2.00 e. The van der Waals surface area contributed by atoms with Gasteiger partial charge in [0.05, 0.1) is 0 Å². The standard InChI is InChI=1S/C14H11.C4H9.U/c1-10-6-7-14-12(8-10)9-11-4-2-3-5-13(11)14;1-3-4-2;/h2-8H,1,9H2;3H,4H2,1-2H3;/q2*-1;+2. The number of hydrogen-bond donors (Lipinski definition) is 0. The maximum atomic E-state index is 3.96. The number of fused-ring (bicyclic) bond motifs is 3. The van der Waals surface area contributed by atoms with Gasteiger partial charge in [-0.05, 0) is 23.1 Å². The second-order valence-corrected chi connectivity index (χ2v) is 4.64. The van der Waals surface area contributed by atoms with E-state index in [1.807, 2.05) is 0 Å². The van der Waals surface area contributed by atoms with Crippen molar-refractivity contribution in [1.82, 2.24) is 0 Å². The van der Waals surface area contributed by atoms with Crippen molar-refractivity contribution in [3.05, 3.63) is 72.5 Å². The van der Waals surface area contributed by atoms with Crippen molar-refractivity contribution < 1.29 is 31.1 Å². The van der Waals surface area contributed by atoms with Crippen molar-refractivity contribution in [3.8, 4) is 11.1 Å². The van der Waals surface area contributed by atoms with Crippen molar-refractivity contribution in [2.24, 2.45) is 0 Å². The molecule has 0 unspecified atom stereocenters. The summed E-state index contributed by atoms with van der Waals surface area (Å²) in [5.74, 6) is 0. The van der Waals surface area contributed by atoms with Crippen molar-refractivity contribution in [2.75, 3.05) is 0 Å². The third kappa shape index (κ3) is 3.91. The summed E-state index contributed by atoms with van der Waals surface area (Å²) in [5, 5.41) is 0. The zero-order chi connectivity index (χ0) is 13.0. The molecular formula is C18H20U. The molecule has 0 N–H and O–H groups in total. The minimum atomic E-state index is 0. The van der Waals surface area contributed by atoms with Crippen molar-refractivity contribution >= 4 is 0 Å². The zero-order valence-corrected chi connectivity index (χ0v) is 15.9. The third-order valence-corrected chi connectivity index (χ3v) is 3.27. The Bertz CT molecular complexity index is 527. The van der Waals surface area contributed by atoms with Crippen LogP contribution in [0.3, 0.4) is 0 Å². The topological polar surface area (TPSA) is 0 Å². The van der Waals surface area contributed by atoms with Gasteiger partial charge in [-0.2, -0.15) is 38.0 Å². The first kappa shape index (κ1) is 16.4.